The van der Waals surface area contributed by atoms with Crippen LogP contribution in [0, 0.1) is 0 Å². The first-order valence-corrected chi connectivity index (χ1v) is 5.08. The molecule has 4 nitrogen and oxygen atoms in total. The van der Waals surface area contributed by atoms with Crippen molar-refractivity contribution >= 4 is 10.0 Å². The van der Waals surface area contributed by atoms with E-state index in [9.17, 15) is 8.42 Å². The Bertz CT molecular complexity index is 174. The van der Waals surface area contributed by atoms with Crippen LogP contribution in [0.2, 0.25) is 0 Å². The fourth-order valence-corrected chi connectivity index (χ4v) is 1.90. The molecule has 1 heterocycles. The van der Waals surface area contributed by atoms with Crippen LogP contribution in [-0.2, 0) is 10.0 Å². The Labute approximate surface area is 61.0 Å². The third-order valence-electron chi connectivity index (χ3n) is 1.44. The van der Waals surface area contributed by atoms with Crippen molar-refractivity contribution in [3.8, 4) is 0 Å². The zero-order chi connectivity index (χ0) is 7.45. The molecule has 2 N–H and O–H groups in total. The first kappa shape index (κ1) is 7.97. The molecule has 0 aliphatic carbocycles. The van der Waals surface area contributed by atoms with Crippen LogP contribution in [0.15, 0.2) is 0 Å². The van der Waals surface area contributed by atoms with Gasteiger partial charge < -0.3 is 0 Å². The van der Waals surface area contributed by atoms with Crippen molar-refractivity contribution in [2.24, 2.45) is 0 Å². The van der Waals surface area contributed by atoms with Gasteiger partial charge in [0.25, 0.3) is 0 Å². The van der Waals surface area contributed by atoms with Crippen molar-refractivity contribution in [3.05, 3.63) is 0 Å². The van der Waals surface area contributed by atoms with E-state index in [1.54, 1.807) is 0 Å². The highest BCUT2D eigenvalue weighted by Gasteiger charge is 2.10. The number of rotatable bonds is 0. The summed E-state index contributed by atoms with van der Waals surface area (Å²) in [7, 11) is -3.00. The van der Waals surface area contributed by atoms with Gasteiger partial charge in [0.15, 0.2) is 0 Å². The standard InChI is InChI=1S/C5H12N2O2S/c8-10(9)5-3-1-2-4-6-7-10/h6-7H,1-5H2. The first-order valence-electron chi connectivity index (χ1n) is 3.43. The molecule has 1 fully saturated rings. The molecule has 10 heavy (non-hydrogen) atoms. The third kappa shape index (κ3) is 2.64. The van der Waals surface area contributed by atoms with Crippen LogP contribution in [-0.4, -0.2) is 20.7 Å². The highest BCUT2D eigenvalue weighted by Crippen LogP contribution is 1.99. The largest absolute Gasteiger partial charge is 0.244 e. The number of nitrogens with one attached hydrogen (secondary N) is 2. The molecule has 1 rings (SSSR count). The normalized spacial score (nSPS) is 26.8. The highest BCUT2D eigenvalue weighted by atomic mass is 32.2. The average Bonchev–Trinajstić information content (AvgIpc) is 1.81. The van der Waals surface area contributed by atoms with Crippen LogP contribution in [0.25, 0.3) is 0 Å². The Kier molecular flexibility index (Phi) is 2.64. The predicted octanol–water partition coefficient (Wildman–Crippen LogP) is -0.406. The lowest BCUT2D eigenvalue weighted by molar-refractivity contribution is 0.524. The monoisotopic (exact) mass is 164 g/mol. The Morgan fingerprint density at radius 2 is 1.90 bits per heavy atom. The van der Waals surface area contributed by atoms with Gasteiger partial charge in [-0.1, -0.05) is 6.42 Å². The summed E-state index contributed by atoms with van der Waals surface area (Å²) in [5, 5.41) is 0. The summed E-state index contributed by atoms with van der Waals surface area (Å²) in [6.07, 6.45) is 2.81. The highest BCUT2D eigenvalue weighted by molar-refractivity contribution is 7.89. The van der Waals surface area contributed by atoms with Crippen LogP contribution in [0.3, 0.4) is 0 Å². The molecule has 0 saturated carbocycles. The second-order valence-corrected chi connectivity index (χ2v) is 4.25. The maximum atomic E-state index is 10.8. The minimum Gasteiger partial charge on any atom is -0.244 e. The molecular weight excluding hydrogens is 152 g/mol. The molecule has 1 aliphatic heterocycles. The maximum Gasteiger partial charge on any atom is 0.224 e. The molecule has 0 amide bonds. The molecule has 0 aromatic carbocycles. The lowest BCUT2D eigenvalue weighted by atomic mass is 10.2. The van der Waals surface area contributed by atoms with E-state index < -0.39 is 10.0 Å². The van der Waals surface area contributed by atoms with Crippen LogP contribution in [0.4, 0.5) is 0 Å². The van der Waals surface area contributed by atoms with E-state index in [0.717, 1.165) is 25.8 Å². The van der Waals surface area contributed by atoms with Gasteiger partial charge in [0, 0.05) is 6.54 Å². The summed E-state index contributed by atoms with van der Waals surface area (Å²) in [6, 6.07) is 0. The van der Waals surface area contributed by atoms with Crippen molar-refractivity contribution in [1.29, 1.82) is 0 Å². The second-order valence-electron chi connectivity index (χ2n) is 2.41. The van der Waals surface area contributed by atoms with Crippen molar-refractivity contribution in [2.45, 2.75) is 19.3 Å². The molecule has 0 spiro atoms. The Balaban J connectivity index is 2.46. The molecule has 5 heteroatoms. The minimum atomic E-state index is -3.00. The van der Waals surface area contributed by atoms with Gasteiger partial charge in [0.1, 0.15) is 0 Å². The van der Waals surface area contributed by atoms with Crippen LogP contribution >= 0.6 is 0 Å². The van der Waals surface area contributed by atoms with Crippen LogP contribution in [0.1, 0.15) is 19.3 Å². The van der Waals surface area contributed by atoms with Crippen molar-refractivity contribution in [2.75, 3.05) is 12.3 Å². The molecule has 0 bridgehead atoms. The Morgan fingerprint density at radius 3 is 2.70 bits per heavy atom. The first-order chi connectivity index (χ1) is 4.71. The van der Waals surface area contributed by atoms with Crippen molar-refractivity contribution in [3.63, 3.8) is 0 Å². The third-order valence-corrected chi connectivity index (χ3v) is 2.72. The van der Waals surface area contributed by atoms with Gasteiger partial charge >= 0.3 is 0 Å². The second kappa shape index (κ2) is 3.32. The Morgan fingerprint density at radius 1 is 1.10 bits per heavy atom. The van der Waals surface area contributed by atoms with E-state index in [4.69, 9.17) is 0 Å². The summed E-state index contributed by atoms with van der Waals surface area (Å²) in [5.74, 6) is 0.250. The Hall–Kier alpha value is -0.130. The molecule has 1 aliphatic rings. The van der Waals surface area contributed by atoms with E-state index in [0.29, 0.717) is 0 Å². The lowest BCUT2D eigenvalue weighted by Gasteiger charge is -2.11. The molecule has 0 radical (unpaired) electrons. The van der Waals surface area contributed by atoms with Gasteiger partial charge in [0.05, 0.1) is 5.75 Å². The SMILES string of the molecule is O=S1(=O)CCCCCNN1. The molecule has 0 aromatic heterocycles. The van der Waals surface area contributed by atoms with E-state index in [2.05, 4.69) is 10.3 Å². The van der Waals surface area contributed by atoms with Gasteiger partial charge in [-0.25, -0.2) is 13.8 Å². The zero-order valence-corrected chi connectivity index (χ0v) is 6.58. The quantitative estimate of drug-likeness (QED) is 0.512. The fraction of sp³-hybridized carbons (Fsp3) is 1.00. The van der Waals surface area contributed by atoms with Crippen molar-refractivity contribution < 1.29 is 8.42 Å². The van der Waals surface area contributed by atoms with E-state index in [-0.39, 0.29) is 5.75 Å². The minimum absolute atomic E-state index is 0.250. The number of hydrazine groups is 1. The van der Waals surface area contributed by atoms with E-state index in [1.807, 2.05) is 0 Å². The summed E-state index contributed by atoms with van der Waals surface area (Å²) in [5.41, 5.74) is 2.64. The molecule has 1 saturated heterocycles. The van der Waals surface area contributed by atoms with E-state index in [1.165, 1.54) is 0 Å². The van der Waals surface area contributed by atoms with Crippen LogP contribution < -0.4 is 10.3 Å². The number of hydrogen-bond acceptors (Lipinski definition) is 3. The summed E-state index contributed by atoms with van der Waals surface area (Å²) in [6.45, 7) is 0.735. The fourth-order valence-electron chi connectivity index (χ4n) is 0.894. The van der Waals surface area contributed by atoms with Gasteiger partial charge in [0.2, 0.25) is 10.0 Å². The maximum absolute atomic E-state index is 10.8. The van der Waals surface area contributed by atoms with Crippen molar-refractivity contribution in [1.82, 2.24) is 10.3 Å². The zero-order valence-electron chi connectivity index (χ0n) is 5.76. The summed E-state index contributed by atoms with van der Waals surface area (Å²) < 4.78 is 21.7. The molecule has 0 atom stereocenters. The van der Waals surface area contributed by atoms with Gasteiger partial charge in [-0.2, -0.15) is 4.83 Å². The van der Waals surface area contributed by atoms with E-state index >= 15 is 0 Å². The van der Waals surface area contributed by atoms with Gasteiger partial charge in [-0.15, -0.1) is 0 Å². The predicted molar refractivity (Wildman–Crippen MR) is 38.8 cm³/mol. The number of sulfonamides is 1. The lowest BCUT2D eigenvalue weighted by Crippen LogP contribution is -2.40. The van der Waals surface area contributed by atoms with Crippen LogP contribution in [0.5, 0.6) is 0 Å². The van der Waals surface area contributed by atoms with Gasteiger partial charge in [-0.05, 0) is 12.8 Å². The van der Waals surface area contributed by atoms with Gasteiger partial charge in [-0.3, -0.25) is 0 Å². The summed E-state index contributed by atoms with van der Waals surface area (Å²) in [4.78, 5) is 2.28. The molecule has 0 unspecified atom stereocenters. The number of hydrogen-bond donors (Lipinski definition) is 2. The summed E-state index contributed by atoms with van der Waals surface area (Å²) >= 11 is 0. The smallest absolute Gasteiger partial charge is 0.224 e. The molecule has 0 aromatic rings. The topological polar surface area (TPSA) is 58.2 Å². The average molecular weight is 164 g/mol. The molecule has 60 valence electrons. The molecular formula is C5H12N2O2S.